The lowest BCUT2D eigenvalue weighted by Crippen LogP contribution is -2.34. The predicted octanol–water partition coefficient (Wildman–Crippen LogP) is 1.13. The fraction of sp³-hybridized carbons (Fsp3) is 0.222. The highest BCUT2D eigenvalue weighted by Crippen LogP contribution is 2.22. The number of nitrogens with one attached hydrogen (secondary N) is 1. The van der Waals surface area contributed by atoms with Crippen molar-refractivity contribution in [1.82, 2.24) is 20.3 Å². The second-order valence-electron chi connectivity index (χ2n) is 5.57. The summed E-state index contributed by atoms with van der Waals surface area (Å²) in [6, 6.07) is 12.2. The van der Waals surface area contributed by atoms with Crippen LogP contribution in [0.2, 0.25) is 0 Å². The number of ether oxygens (including phenoxy) is 2. The van der Waals surface area contributed by atoms with Crippen molar-refractivity contribution in [3.05, 3.63) is 58.4 Å². The van der Waals surface area contributed by atoms with Gasteiger partial charge in [0, 0.05) is 12.6 Å². The van der Waals surface area contributed by atoms with Crippen LogP contribution in [0.5, 0.6) is 11.5 Å². The van der Waals surface area contributed by atoms with Crippen LogP contribution in [0.4, 0.5) is 0 Å². The van der Waals surface area contributed by atoms with E-state index < -0.39 is 0 Å². The number of methoxy groups -OCH3 is 2. The van der Waals surface area contributed by atoms with Gasteiger partial charge >= 0.3 is 0 Å². The smallest absolute Gasteiger partial charge is 0.278 e. The van der Waals surface area contributed by atoms with E-state index in [1.807, 2.05) is 0 Å². The van der Waals surface area contributed by atoms with Crippen LogP contribution in [-0.2, 0) is 17.9 Å². The Kier molecular flexibility index (Phi) is 5.12. The molecule has 0 atom stereocenters. The highest BCUT2D eigenvalue weighted by molar-refractivity contribution is 5.78. The summed E-state index contributed by atoms with van der Waals surface area (Å²) in [5.74, 6) is 0.911. The molecule has 1 N–H and O–H groups in total. The SMILES string of the molecule is COc1cc(CNC(=O)Cn2nnc3ccccc3c2=O)cc(OC)c1. The quantitative estimate of drug-likeness (QED) is 0.713. The van der Waals surface area contributed by atoms with E-state index >= 15 is 0 Å². The summed E-state index contributed by atoms with van der Waals surface area (Å²) >= 11 is 0. The Labute approximate surface area is 149 Å². The van der Waals surface area contributed by atoms with Gasteiger partial charge in [0.05, 0.1) is 19.6 Å². The second kappa shape index (κ2) is 7.64. The average Bonchev–Trinajstić information content (AvgIpc) is 2.68. The van der Waals surface area contributed by atoms with E-state index in [2.05, 4.69) is 15.6 Å². The number of nitrogens with zero attached hydrogens (tertiary/aromatic N) is 3. The first-order chi connectivity index (χ1) is 12.6. The maximum absolute atomic E-state index is 12.4. The number of hydrogen-bond acceptors (Lipinski definition) is 6. The minimum absolute atomic E-state index is 0.211. The molecule has 0 saturated carbocycles. The molecule has 0 fully saturated rings. The van der Waals surface area contributed by atoms with Gasteiger partial charge in [0.25, 0.3) is 5.56 Å². The molecule has 8 nitrogen and oxygen atoms in total. The van der Waals surface area contributed by atoms with Crippen LogP contribution in [0.1, 0.15) is 5.56 Å². The summed E-state index contributed by atoms with van der Waals surface area (Å²) in [6.45, 7) is 0.0555. The van der Waals surface area contributed by atoms with Crippen molar-refractivity contribution in [3.63, 3.8) is 0 Å². The van der Waals surface area contributed by atoms with E-state index in [0.717, 1.165) is 10.2 Å². The van der Waals surface area contributed by atoms with Gasteiger partial charge in [0.1, 0.15) is 23.6 Å². The molecule has 1 heterocycles. The highest BCUT2D eigenvalue weighted by atomic mass is 16.5. The Balaban J connectivity index is 1.70. The zero-order valence-electron chi connectivity index (χ0n) is 14.4. The lowest BCUT2D eigenvalue weighted by atomic mass is 10.2. The lowest BCUT2D eigenvalue weighted by molar-refractivity contribution is -0.122. The predicted molar refractivity (Wildman–Crippen MR) is 95.2 cm³/mol. The Morgan fingerprint density at radius 1 is 1.12 bits per heavy atom. The molecule has 0 unspecified atom stereocenters. The lowest BCUT2D eigenvalue weighted by Gasteiger charge is -2.10. The molecule has 0 radical (unpaired) electrons. The van der Waals surface area contributed by atoms with Crippen molar-refractivity contribution in [1.29, 1.82) is 0 Å². The molecular weight excluding hydrogens is 336 g/mol. The van der Waals surface area contributed by atoms with Gasteiger partial charge in [0.15, 0.2) is 0 Å². The van der Waals surface area contributed by atoms with E-state index in [1.54, 1.807) is 56.7 Å². The normalized spacial score (nSPS) is 10.5. The molecule has 0 aliphatic heterocycles. The van der Waals surface area contributed by atoms with Gasteiger partial charge in [-0.2, -0.15) is 0 Å². The van der Waals surface area contributed by atoms with Crippen LogP contribution in [0.3, 0.4) is 0 Å². The maximum atomic E-state index is 12.4. The summed E-state index contributed by atoms with van der Waals surface area (Å²) < 4.78 is 11.4. The molecule has 0 saturated heterocycles. The Morgan fingerprint density at radius 3 is 2.50 bits per heavy atom. The largest absolute Gasteiger partial charge is 0.497 e. The van der Waals surface area contributed by atoms with Gasteiger partial charge in [-0.1, -0.05) is 17.3 Å². The van der Waals surface area contributed by atoms with Crippen LogP contribution < -0.4 is 20.3 Å². The Bertz CT molecular complexity index is 978. The fourth-order valence-electron chi connectivity index (χ4n) is 2.49. The molecule has 0 aliphatic carbocycles. The summed E-state index contributed by atoms with van der Waals surface area (Å²) in [6.07, 6.45) is 0. The molecular formula is C18H18N4O4. The van der Waals surface area contributed by atoms with Gasteiger partial charge in [0.2, 0.25) is 5.91 Å². The first kappa shape index (κ1) is 17.4. The molecule has 0 bridgehead atoms. The molecule has 1 aromatic heterocycles. The number of benzene rings is 2. The molecule has 0 spiro atoms. The second-order valence-corrected chi connectivity index (χ2v) is 5.57. The highest BCUT2D eigenvalue weighted by Gasteiger charge is 2.10. The van der Waals surface area contributed by atoms with E-state index in [0.29, 0.717) is 22.4 Å². The molecule has 1 amide bonds. The summed E-state index contributed by atoms with van der Waals surface area (Å²) in [5.41, 5.74) is 0.956. The summed E-state index contributed by atoms with van der Waals surface area (Å²) in [4.78, 5) is 24.5. The standard InChI is InChI=1S/C18H18N4O4/c1-25-13-7-12(8-14(9-13)26-2)10-19-17(23)11-22-18(24)15-5-3-4-6-16(15)20-21-22/h3-9H,10-11H2,1-2H3,(H,19,23). The molecule has 2 aromatic carbocycles. The van der Waals surface area contributed by atoms with Gasteiger partial charge in [-0.3, -0.25) is 9.59 Å². The van der Waals surface area contributed by atoms with Crippen molar-refractivity contribution < 1.29 is 14.3 Å². The number of rotatable bonds is 6. The minimum Gasteiger partial charge on any atom is -0.497 e. The van der Waals surface area contributed by atoms with Gasteiger partial charge in [-0.25, -0.2) is 4.68 Å². The van der Waals surface area contributed by atoms with Gasteiger partial charge < -0.3 is 14.8 Å². The summed E-state index contributed by atoms with van der Waals surface area (Å²) in [7, 11) is 3.11. The average molecular weight is 354 g/mol. The first-order valence-electron chi connectivity index (χ1n) is 7.92. The zero-order chi connectivity index (χ0) is 18.5. The fourth-order valence-corrected chi connectivity index (χ4v) is 2.49. The van der Waals surface area contributed by atoms with Crippen LogP contribution in [0, 0.1) is 0 Å². The Hall–Kier alpha value is -3.42. The Morgan fingerprint density at radius 2 is 1.81 bits per heavy atom. The molecule has 26 heavy (non-hydrogen) atoms. The molecule has 0 aliphatic rings. The molecule has 134 valence electrons. The van der Waals surface area contributed by atoms with Crippen LogP contribution >= 0.6 is 0 Å². The number of amides is 1. The monoisotopic (exact) mass is 354 g/mol. The minimum atomic E-state index is -0.353. The van der Waals surface area contributed by atoms with Gasteiger partial charge in [-0.15, -0.1) is 5.10 Å². The third kappa shape index (κ3) is 3.80. The number of aromatic nitrogens is 3. The number of carbonyl (C=O) groups excluding carboxylic acids is 1. The summed E-state index contributed by atoms with van der Waals surface area (Å²) in [5, 5.41) is 10.9. The maximum Gasteiger partial charge on any atom is 0.278 e. The van der Waals surface area contributed by atoms with Crippen LogP contribution in [-0.4, -0.2) is 35.1 Å². The third-order valence-corrected chi connectivity index (χ3v) is 3.82. The van der Waals surface area contributed by atoms with E-state index in [-0.39, 0.29) is 24.6 Å². The van der Waals surface area contributed by atoms with Crippen molar-refractivity contribution in [3.8, 4) is 11.5 Å². The van der Waals surface area contributed by atoms with Crippen LogP contribution in [0.25, 0.3) is 10.9 Å². The van der Waals surface area contributed by atoms with E-state index in [1.165, 1.54) is 0 Å². The van der Waals surface area contributed by atoms with Crippen molar-refractivity contribution in [2.24, 2.45) is 0 Å². The van der Waals surface area contributed by atoms with Crippen molar-refractivity contribution in [2.75, 3.05) is 14.2 Å². The van der Waals surface area contributed by atoms with Gasteiger partial charge in [-0.05, 0) is 29.8 Å². The molecule has 3 aromatic rings. The van der Waals surface area contributed by atoms with E-state index in [4.69, 9.17) is 9.47 Å². The van der Waals surface area contributed by atoms with Crippen LogP contribution in [0.15, 0.2) is 47.3 Å². The molecule has 3 rings (SSSR count). The first-order valence-corrected chi connectivity index (χ1v) is 7.92. The molecule has 8 heteroatoms. The number of hydrogen-bond donors (Lipinski definition) is 1. The van der Waals surface area contributed by atoms with E-state index in [9.17, 15) is 9.59 Å². The number of fused-ring (bicyclic) bond motifs is 1. The van der Waals surface area contributed by atoms with Crippen molar-refractivity contribution in [2.45, 2.75) is 13.1 Å². The third-order valence-electron chi connectivity index (χ3n) is 3.82. The number of carbonyl (C=O) groups is 1. The zero-order valence-corrected chi connectivity index (χ0v) is 14.4. The topological polar surface area (TPSA) is 95.3 Å². The van der Waals surface area contributed by atoms with Crippen molar-refractivity contribution >= 4 is 16.8 Å².